The molecule has 0 aromatic carbocycles. The van der Waals surface area contributed by atoms with Crippen LogP contribution >= 0.6 is 0 Å². The van der Waals surface area contributed by atoms with Gasteiger partial charge in [0, 0.05) is 34.2 Å². The Morgan fingerprint density at radius 3 is 1.59 bits per heavy atom. The molecule has 0 radical (unpaired) electrons. The summed E-state index contributed by atoms with van der Waals surface area (Å²) in [4.78, 5) is 0. The van der Waals surface area contributed by atoms with Crippen LogP contribution in [0.5, 0.6) is 0 Å². The van der Waals surface area contributed by atoms with Gasteiger partial charge in [-0.2, -0.15) is 30.7 Å². The van der Waals surface area contributed by atoms with Crippen LogP contribution in [-0.2, 0) is 14.2 Å². The summed E-state index contributed by atoms with van der Waals surface area (Å²) in [7, 11) is 2.84. The highest BCUT2D eigenvalue weighted by Gasteiger charge is 2.67. The summed E-state index contributed by atoms with van der Waals surface area (Å²) in [5.74, 6) is -14.6. The van der Waals surface area contributed by atoms with Crippen LogP contribution in [0, 0.1) is 5.92 Å². The maximum absolute atomic E-state index is 14.7. The molecule has 0 bridgehead atoms. The lowest BCUT2D eigenvalue weighted by molar-refractivity contribution is -0.419. The van der Waals surface area contributed by atoms with Crippen LogP contribution in [0.15, 0.2) is 0 Å². The topological polar surface area (TPSA) is 27.7 Å². The lowest BCUT2D eigenvalue weighted by atomic mass is 9.86. The van der Waals surface area contributed by atoms with Gasteiger partial charge < -0.3 is 14.2 Å². The second kappa shape index (κ2) is 10.8. The van der Waals surface area contributed by atoms with E-state index in [2.05, 4.69) is 0 Å². The summed E-state index contributed by atoms with van der Waals surface area (Å²) < 4.78 is 109. The average molecular weight is 414 g/mol. The molecular weight excluding hydrogens is 385 g/mol. The number of halogens is 7. The standard InChI is InChI=1S/C17H29F7O3/c1-5-6-7-8-9-10-13(17(25-2,26-3)27-4)16(23,24)14(18,19)11-12-15(20,21)22/h13H,5-12H2,1-4H3. The smallest absolute Gasteiger partial charge is 0.330 e. The highest BCUT2D eigenvalue weighted by Crippen LogP contribution is 2.50. The molecule has 10 heteroatoms. The predicted octanol–water partition coefficient (Wildman–Crippen LogP) is 6.17. The Kier molecular flexibility index (Phi) is 10.6. The van der Waals surface area contributed by atoms with Gasteiger partial charge in [-0.3, -0.25) is 0 Å². The molecule has 1 unspecified atom stereocenters. The van der Waals surface area contributed by atoms with Crippen molar-refractivity contribution in [3.05, 3.63) is 0 Å². The van der Waals surface area contributed by atoms with Crippen molar-refractivity contribution >= 4 is 0 Å². The lowest BCUT2D eigenvalue weighted by Gasteiger charge is -2.42. The average Bonchev–Trinajstić information content (AvgIpc) is 2.59. The molecule has 164 valence electrons. The van der Waals surface area contributed by atoms with E-state index < -0.39 is 49.2 Å². The fourth-order valence-corrected chi connectivity index (χ4v) is 2.93. The molecule has 0 N–H and O–H groups in total. The van der Waals surface area contributed by atoms with Crippen molar-refractivity contribution in [2.24, 2.45) is 5.92 Å². The molecule has 0 heterocycles. The third kappa shape index (κ3) is 7.38. The van der Waals surface area contributed by atoms with Gasteiger partial charge in [0.2, 0.25) is 0 Å². The Balaban J connectivity index is 5.58. The maximum Gasteiger partial charge on any atom is 0.389 e. The highest BCUT2D eigenvalue weighted by atomic mass is 19.4. The number of ether oxygens (including phenoxy) is 3. The van der Waals surface area contributed by atoms with E-state index in [1.54, 1.807) is 0 Å². The summed E-state index contributed by atoms with van der Waals surface area (Å²) in [6.45, 7) is 1.95. The second-order valence-electron chi connectivity index (χ2n) is 6.41. The maximum atomic E-state index is 14.7. The Morgan fingerprint density at radius 1 is 0.704 bits per heavy atom. The van der Waals surface area contributed by atoms with Crippen LogP contribution in [0.25, 0.3) is 0 Å². The number of hydrogen-bond donors (Lipinski definition) is 0. The number of methoxy groups -OCH3 is 3. The monoisotopic (exact) mass is 414 g/mol. The van der Waals surface area contributed by atoms with E-state index in [4.69, 9.17) is 14.2 Å². The van der Waals surface area contributed by atoms with E-state index in [1.807, 2.05) is 6.92 Å². The molecule has 0 amide bonds. The van der Waals surface area contributed by atoms with E-state index in [0.29, 0.717) is 6.42 Å². The van der Waals surface area contributed by atoms with Gasteiger partial charge in [-0.25, -0.2) is 0 Å². The molecule has 0 aromatic rings. The molecule has 0 aliphatic carbocycles. The van der Waals surface area contributed by atoms with Crippen LogP contribution in [-0.4, -0.2) is 45.3 Å². The minimum atomic E-state index is -4.98. The van der Waals surface area contributed by atoms with Crippen LogP contribution < -0.4 is 0 Å². The van der Waals surface area contributed by atoms with Crippen molar-refractivity contribution in [2.75, 3.05) is 21.3 Å². The highest BCUT2D eigenvalue weighted by molar-refractivity contribution is 4.95. The van der Waals surface area contributed by atoms with E-state index in [-0.39, 0.29) is 6.42 Å². The lowest BCUT2D eigenvalue weighted by Crippen LogP contribution is -2.58. The van der Waals surface area contributed by atoms with Gasteiger partial charge in [0.15, 0.2) is 0 Å². The van der Waals surface area contributed by atoms with Crippen LogP contribution in [0.4, 0.5) is 30.7 Å². The number of hydrogen-bond acceptors (Lipinski definition) is 3. The van der Waals surface area contributed by atoms with Crippen LogP contribution in [0.2, 0.25) is 0 Å². The quantitative estimate of drug-likeness (QED) is 0.193. The third-order valence-corrected chi connectivity index (χ3v) is 4.52. The summed E-state index contributed by atoms with van der Waals surface area (Å²) in [5, 5.41) is 0. The molecule has 0 saturated carbocycles. The first kappa shape index (κ1) is 26.4. The summed E-state index contributed by atoms with van der Waals surface area (Å²) in [6.07, 6.45) is -6.39. The molecule has 0 rings (SSSR count). The summed E-state index contributed by atoms with van der Waals surface area (Å²) in [5.41, 5.74) is 0. The second-order valence-corrected chi connectivity index (χ2v) is 6.41. The molecule has 0 fully saturated rings. The molecule has 0 aliphatic heterocycles. The van der Waals surface area contributed by atoms with Crippen LogP contribution in [0.1, 0.15) is 58.3 Å². The minimum Gasteiger partial charge on any atom is -0.330 e. The molecule has 27 heavy (non-hydrogen) atoms. The minimum absolute atomic E-state index is 0.146. The zero-order chi connectivity index (χ0) is 21.4. The number of alkyl halides is 7. The van der Waals surface area contributed by atoms with Gasteiger partial charge in [-0.1, -0.05) is 39.0 Å². The summed E-state index contributed by atoms with van der Waals surface area (Å²) >= 11 is 0. The van der Waals surface area contributed by atoms with Gasteiger partial charge in [0.05, 0.1) is 0 Å². The Labute approximate surface area is 155 Å². The van der Waals surface area contributed by atoms with Crippen LogP contribution in [0.3, 0.4) is 0 Å². The molecule has 0 aromatic heterocycles. The normalized spacial score (nSPS) is 15.2. The first-order valence-electron chi connectivity index (χ1n) is 8.81. The molecule has 3 nitrogen and oxygen atoms in total. The van der Waals surface area contributed by atoms with Gasteiger partial charge >= 0.3 is 18.0 Å². The van der Waals surface area contributed by atoms with E-state index in [1.165, 1.54) is 0 Å². The van der Waals surface area contributed by atoms with E-state index >= 15 is 0 Å². The van der Waals surface area contributed by atoms with Crippen molar-refractivity contribution in [1.82, 2.24) is 0 Å². The largest absolute Gasteiger partial charge is 0.389 e. The Bertz CT molecular complexity index is 402. The van der Waals surface area contributed by atoms with Gasteiger partial charge in [-0.05, 0) is 6.42 Å². The van der Waals surface area contributed by atoms with Crippen molar-refractivity contribution < 1.29 is 44.9 Å². The fourth-order valence-electron chi connectivity index (χ4n) is 2.93. The predicted molar refractivity (Wildman–Crippen MR) is 85.8 cm³/mol. The summed E-state index contributed by atoms with van der Waals surface area (Å²) in [6, 6.07) is 0. The SMILES string of the molecule is CCCCCCCC(C(OC)(OC)OC)C(F)(F)C(F)(F)CCC(F)(F)F. The van der Waals surface area contributed by atoms with Crippen molar-refractivity contribution in [3.63, 3.8) is 0 Å². The van der Waals surface area contributed by atoms with Gasteiger partial charge in [-0.15, -0.1) is 0 Å². The number of rotatable bonds is 14. The zero-order valence-corrected chi connectivity index (χ0v) is 16.1. The van der Waals surface area contributed by atoms with E-state index in [9.17, 15) is 30.7 Å². The third-order valence-electron chi connectivity index (χ3n) is 4.52. The first-order chi connectivity index (χ1) is 12.3. The van der Waals surface area contributed by atoms with Gasteiger partial charge in [0.25, 0.3) is 5.97 Å². The fraction of sp³-hybridized carbons (Fsp3) is 1.00. The van der Waals surface area contributed by atoms with Crippen molar-refractivity contribution in [1.29, 1.82) is 0 Å². The van der Waals surface area contributed by atoms with Crippen molar-refractivity contribution in [2.45, 2.75) is 82.3 Å². The van der Waals surface area contributed by atoms with Crippen molar-refractivity contribution in [3.8, 4) is 0 Å². The molecule has 1 atom stereocenters. The Hall–Kier alpha value is -0.610. The van der Waals surface area contributed by atoms with Gasteiger partial charge in [0.1, 0.15) is 5.92 Å². The first-order valence-corrected chi connectivity index (χ1v) is 8.81. The van der Waals surface area contributed by atoms with E-state index in [0.717, 1.165) is 40.6 Å². The molecule has 0 saturated heterocycles. The molecule has 0 aliphatic rings. The molecular formula is C17H29F7O3. The molecule has 0 spiro atoms. The number of unbranched alkanes of at least 4 members (excludes halogenated alkanes) is 4. The Morgan fingerprint density at radius 2 is 1.19 bits per heavy atom. The zero-order valence-electron chi connectivity index (χ0n) is 16.1.